The minimum Gasteiger partial charge on any atom is -0.459 e. The molecule has 1 aromatic carbocycles. The summed E-state index contributed by atoms with van der Waals surface area (Å²) in [6.45, 7) is 19.9. The van der Waals surface area contributed by atoms with E-state index in [1.807, 2.05) is 76.8 Å². The van der Waals surface area contributed by atoms with Crippen molar-refractivity contribution in [2.75, 3.05) is 34.3 Å². The fraction of sp³-hybridized carbons (Fsp3) is 0.750. The number of methoxy groups -OCH3 is 1. The summed E-state index contributed by atoms with van der Waals surface area (Å²) in [5.74, 6) is -3.08. The third kappa shape index (κ3) is 14.1. The number of likely N-dealkylation sites (N-methyl/N-ethyl adjacent to an activating group) is 2. The molecule has 0 saturated carbocycles. The number of hydrogen-bond donors (Lipinski definition) is 5. The summed E-state index contributed by atoms with van der Waals surface area (Å²) < 4.78 is 34.2. The van der Waals surface area contributed by atoms with Crippen molar-refractivity contribution in [3.8, 4) is 11.1 Å². The van der Waals surface area contributed by atoms with Crippen molar-refractivity contribution in [1.29, 1.82) is 0 Å². The van der Waals surface area contributed by atoms with Crippen LogP contribution in [0, 0.1) is 23.7 Å². The lowest BCUT2D eigenvalue weighted by Crippen LogP contribution is -2.62. The Balaban J connectivity index is 1.19. The summed E-state index contributed by atoms with van der Waals surface area (Å²) >= 11 is 0. The van der Waals surface area contributed by atoms with Gasteiger partial charge in [-0.3, -0.25) is 14.5 Å². The van der Waals surface area contributed by atoms with Gasteiger partial charge in [0, 0.05) is 76.2 Å². The number of unbranched alkanes of at least 4 members (excludes halogenated alkanes) is 1. The van der Waals surface area contributed by atoms with Gasteiger partial charge in [0.25, 0.3) is 0 Å². The van der Waals surface area contributed by atoms with E-state index in [4.69, 9.17) is 23.7 Å². The van der Waals surface area contributed by atoms with Gasteiger partial charge in [0.15, 0.2) is 6.29 Å². The van der Waals surface area contributed by atoms with Crippen LogP contribution in [0.4, 0.5) is 0 Å². The first-order valence-corrected chi connectivity index (χ1v) is 26.9. The van der Waals surface area contributed by atoms with Gasteiger partial charge < -0.3 is 59.0 Å². The number of aromatic nitrogens is 4. The Bertz CT molecular complexity index is 2160. The van der Waals surface area contributed by atoms with E-state index in [1.54, 1.807) is 41.0 Å². The van der Waals surface area contributed by atoms with Gasteiger partial charge in [-0.05, 0) is 129 Å². The molecule has 5 heterocycles. The van der Waals surface area contributed by atoms with Crippen molar-refractivity contribution in [3.05, 3.63) is 66.2 Å². The molecular weight excluding hydrogens is 933 g/mol. The Morgan fingerprint density at radius 2 is 1.63 bits per heavy atom. The third-order valence-corrected chi connectivity index (χ3v) is 16.8. The Morgan fingerprint density at radius 3 is 2.29 bits per heavy atom. The molecule has 73 heavy (non-hydrogen) atoms. The van der Waals surface area contributed by atoms with E-state index in [9.17, 15) is 30.3 Å². The number of ether oxygens (including phenoxy) is 5. The van der Waals surface area contributed by atoms with Crippen LogP contribution in [0.1, 0.15) is 119 Å². The Hall–Kier alpha value is -3.46. The number of carbonyl (C=O) groups excluding carboxylic acids is 1. The predicted molar refractivity (Wildman–Crippen MR) is 278 cm³/mol. The van der Waals surface area contributed by atoms with Crippen LogP contribution in [0.15, 0.2) is 55.0 Å². The molecule has 0 aliphatic carbocycles. The fourth-order valence-corrected chi connectivity index (χ4v) is 12.2. The molecule has 3 aliphatic heterocycles. The largest absolute Gasteiger partial charge is 0.459 e. The van der Waals surface area contributed by atoms with E-state index in [1.165, 1.54) is 12.5 Å². The molecule has 0 spiro atoms. The number of aliphatic hydroxyl groups excluding tert-OH is 3. The predicted octanol–water partition coefficient (Wildman–Crippen LogP) is 5.46. The van der Waals surface area contributed by atoms with Gasteiger partial charge in [-0.1, -0.05) is 63.2 Å². The van der Waals surface area contributed by atoms with Crippen LogP contribution in [-0.2, 0) is 47.9 Å². The summed E-state index contributed by atoms with van der Waals surface area (Å²) in [5, 5.41) is 69.1. The minimum absolute atomic E-state index is 0.161. The SMILES string of the molecule is CC[C@H]1OC(=O)[C@H](C)[C@@H](C2C[C@@](C)(OC)[C@@H](O)[C@H](C)O2)[C@H](C)[C@@H](O[C@@H]2O[C@H](C)C[C@H](N(C)CCc3cn(CCCCc4ccc(-c5cccnc5)cc4)nn3)[C@H]2O)[C@](C)(O)C[C@@H](C)CN(C)[C@H](C)[C@@H](O)[C@]1(C)O. The Kier molecular flexibility index (Phi) is 20.2. The molecule has 3 aliphatic rings. The van der Waals surface area contributed by atoms with Gasteiger partial charge in [-0.2, -0.15) is 0 Å². The molecule has 17 heteroatoms. The smallest absolute Gasteiger partial charge is 0.309 e. The van der Waals surface area contributed by atoms with Gasteiger partial charge in [0.1, 0.15) is 30.0 Å². The van der Waals surface area contributed by atoms with Crippen molar-refractivity contribution < 1.29 is 54.0 Å². The van der Waals surface area contributed by atoms with Crippen molar-refractivity contribution >= 4 is 5.97 Å². The molecule has 2 aromatic heterocycles. The maximum absolute atomic E-state index is 14.6. The van der Waals surface area contributed by atoms with Crippen LogP contribution >= 0.6 is 0 Å². The number of pyridine rings is 1. The first-order valence-electron chi connectivity index (χ1n) is 26.9. The molecule has 0 bridgehead atoms. The zero-order chi connectivity index (χ0) is 53.6. The van der Waals surface area contributed by atoms with Crippen molar-refractivity contribution in [2.24, 2.45) is 23.7 Å². The average molecular weight is 1020 g/mol. The van der Waals surface area contributed by atoms with E-state index in [0.29, 0.717) is 25.9 Å². The standard InChI is InChI=1S/C56H90N6O11/c1-14-46-56(10,68)49(64)38(6)61(12)32-34(2)29-54(8,67)51(36(4)47(37(5)52(66)72-46)45-30-55(9,69-13)50(65)39(7)71-45)73-53-48(63)44(28-35(3)70-53)60(11)27-24-43-33-62(59-58-43)26-16-15-18-40-20-22-41(23-21-40)42-19-17-25-57-31-42/h17,19-23,25,31,33-39,44-51,53,63-65,67-68H,14-16,18,24,26-30,32H2,1-13H3/t34-,35-,36+,37-,38-,39+,44+,45?,46-,47+,48-,49-,50+,51-,53+,54-,55-,56-/m1/s1. The highest BCUT2D eigenvalue weighted by Crippen LogP contribution is 2.45. The fourth-order valence-electron chi connectivity index (χ4n) is 12.2. The van der Waals surface area contributed by atoms with Crippen molar-refractivity contribution in [3.63, 3.8) is 0 Å². The number of aryl methyl sites for hydroxylation is 2. The zero-order valence-corrected chi connectivity index (χ0v) is 46.0. The second kappa shape index (κ2) is 25.1. The first kappa shape index (κ1) is 58.8. The summed E-state index contributed by atoms with van der Waals surface area (Å²) in [4.78, 5) is 22.9. The third-order valence-electron chi connectivity index (χ3n) is 16.8. The van der Waals surface area contributed by atoms with Crippen LogP contribution in [0.2, 0.25) is 0 Å². The molecule has 3 aromatic rings. The highest BCUT2D eigenvalue weighted by molar-refractivity contribution is 5.73. The lowest BCUT2D eigenvalue weighted by Gasteiger charge is -2.51. The summed E-state index contributed by atoms with van der Waals surface area (Å²) in [6, 6.07) is 11.7. The quantitative estimate of drug-likeness (QED) is 0.0944. The molecule has 6 rings (SSSR count). The number of hydrogen-bond acceptors (Lipinski definition) is 16. The Morgan fingerprint density at radius 1 is 0.918 bits per heavy atom. The summed E-state index contributed by atoms with van der Waals surface area (Å²) in [6.07, 6.45) is 2.05. The number of carbonyl (C=O) groups is 1. The van der Waals surface area contributed by atoms with Crippen LogP contribution in [-0.4, -0.2) is 180 Å². The molecule has 3 fully saturated rings. The maximum Gasteiger partial charge on any atom is 0.309 e. The number of nitrogens with zero attached hydrogens (tertiary/aromatic N) is 6. The number of aliphatic hydroxyl groups is 5. The molecule has 18 atom stereocenters. The molecule has 410 valence electrons. The van der Waals surface area contributed by atoms with Crippen LogP contribution < -0.4 is 0 Å². The molecule has 17 nitrogen and oxygen atoms in total. The molecule has 0 amide bonds. The zero-order valence-electron chi connectivity index (χ0n) is 46.0. The lowest BCUT2D eigenvalue weighted by molar-refractivity contribution is -0.302. The number of benzene rings is 1. The summed E-state index contributed by atoms with van der Waals surface area (Å²) in [7, 11) is 5.38. The monoisotopic (exact) mass is 1020 g/mol. The number of rotatable bonds is 15. The van der Waals surface area contributed by atoms with E-state index >= 15 is 0 Å². The van der Waals surface area contributed by atoms with E-state index in [2.05, 4.69) is 50.5 Å². The second-order valence-corrected chi connectivity index (χ2v) is 22.9. The number of esters is 1. The van der Waals surface area contributed by atoms with Crippen LogP contribution in [0.3, 0.4) is 0 Å². The molecule has 0 radical (unpaired) electrons. The Labute approximate surface area is 434 Å². The second-order valence-electron chi connectivity index (χ2n) is 22.9. The van der Waals surface area contributed by atoms with Gasteiger partial charge in [0.2, 0.25) is 0 Å². The summed E-state index contributed by atoms with van der Waals surface area (Å²) in [5.41, 5.74) is -0.0205. The molecule has 5 N–H and O–H groups in total. The molecule has 1 unspecified atom stereocenters. The van der Waals surface area contributed by atoms with E-state index in [-0.39, 0.29) is 37.3 Å². The van der Waals surface area contributed by atoms with Gasteiger partial charge >= 0.3 is 5.97 Å². The topological polar surface area (TPSA) is 214 Å². The number of cyclic esters (lactones) is 1. The minimum atomic E-state index is -1.81. The normalized spacial score (nSPS) is 38.7. The lowest BCUT2D eigenvalue weighted by atomic mass is 9.68. The average Bonchev–Trinajstić information content (AvgIpc) is 3.82. The van der Waals surface area contributed by atoms with Gasteiger partial charge in [0.05, 0.1) is 47.2 Å². The maximum atomic E-state index is 14.6. The van der Waals surface area contributed by atoms with Crippen molar-refractivity contribution in [1.82, 2.24) is 29.8 Å². The van der Waals surface area contributed by atoms with Crippen molar-refractivity contribution in [2.45, 2.75) is 211 Å². The molecular formula is C56H90N6O11. The van der Waals surface area contributed by atoms with Gasteiger partial charge in [-0.15, -0.1) is 5.10 Å². The molecule has 3 saturated heterocycles. The van der Waals surface area contributed by atoms with Gasteiger partial charge in [-0.25, -0.2) is 0 Å². The highest BCUT2D eigenvalue weighted by atomic mass is 16.7. The first-order chi connectivity index (χ1) is 34.4. The van der Waals surface area contributed by atoms with Crippen LogP contribution in [0.5, 0.6) is 0 Å². The van der Waals surface area contributed by atoms with Crippen LogP contribution in [0.25, 0.3) is 11.1 Å². The van der Waals surface area contributed by atoms with E-state index < -0.39 is 95.6 Å². The van der Waals surface area contributed by atoms with E-state index in [0.717, 1.165) is 42.6 Å². The highest BCUT2D eigenvalue weighted by Gasteiger charge is 2.55.